The van der Waals surface area contributed by atoms with Crippen LogP contribution in [0.1, 0.15) is 30.3 Å². The van der Waals surface area contributed by atoms with Gasteiger partial charge in [-0.15, -0.1) is 10.2 Å². The highest BCUT2D eigenvalue weighted by Crippen LogP contribution is 2.14. The van der Waals surface area contributed by atoms with Gasteiger partial charge in [-0.05, 0) is 26.0 Å². The molecule has 1 aromatic carbocycles. The predicted molar refractivity (Wildman–Crippen MR) is 62.4 cm³/mol. The summed E-state index contributed by atoms with van der Waals surface area (Å²) in [5.74, 6) is 1.63. The molecule has 0 amide bonds. The fourth-order valence-electron chi connectivity index (χ4n) is 1.29. The van der Waals surface area contributed by atoms with Crippen molar-refractivity contribution < 1.29 is 9.15 Å². The number of hydrogen-bond acceptors (Lipinski definition) is 5. The van der Waals surface area contributed by atoms with Crippen LogP contribution in [0.5, 0.6) is 5.75 Å². The van der Waals surface area contributed by atoms with Crippen molar-refractivity contribution in [3.63, 3.8) is 0 Å². The maximum absolute atomic E-state index is 5.61. The standard InChI is InChI=1S/C12H15N3O2/c1-8-3-5-10(6-4-8)16-7-11-14-15-12(17-11)9(2)13/h3-6,9H,7,13H2,1-2H3. The molecule has 1 atom stereocenters. The topological polar surface area (TPSA) is 74.2 Å². The zero-order chi connectivity index (χ0) is 12.3. The Hall–Kier alpha value is -1.88. The first-order valence-corrected chi connectivity index (χ1v) is 5.42. The average molecular weight is 233 g/mol. The number of aromatic nitrogens is 2. The van der Waals surface area contributed by atoms with Crippen LogP contribution in [0.4, 0.5) is 0 Å². The molecule has 0 saturated carbocycles. The summed E-state index contributed by atoms with van der Waals surface area (Å²) in [6, 6.07) is 7.51. The first-order valence-electron chi connectivity index (χ1n) is 5.42. The second-order valence-electron chi connectivity index (χ2n) is 3.92. The van der Waals surface area contributed by atoms with Gasteiger partial charge in [-0.1, -0.05) is 17.7 Å². The number of nitrogens with two attached hydrogens (primary N) is 1. The Balaban J connectivity index is 1.95. The van der Waals surface area contributed by atoms with Crippen molar-refractivity contribution in [2.45, 2.75) is 26.5 Å². The normalized spacial score (nSPS) is 12.4. The van der Waals surface area contributed by atoms with Gasteiger partial charge in [0.15, 0.2) is 6.61 Å². The average Bonchev–Trinajstić information content (AvgIpc) is 2.77. The van der Waals surface area contributed by atoms with E-state index in [1.165, 1.54) is 5.56 Å². The summed E-state index contributed by atoms with van der Waals surface area (Å²) in [5.41, 5.74) is 6.80. The van der Waals surface area contributed by atoms with Crippen molar-refractivity contribution in [3.8, 4) is 5.75 Å². The van der Waals surface area contributed by atoms with Crippen LogP contribution in [0, 0.1) is 6.92 Å². The minimum atomic E-state index is -0.254. The van der Waals surface area contributed by atoms with E-state index in [0.29, 0.717) is 11.8 Å². The van der Waals surface area contributed by atoms with Crippen molar-refractivity contribution in [2.75, 3.05) is 0 Å². The third-order valence-corrected chi connectivity index (χ3v) is 2.26. The van der Waals surface area contributed by atoms with E-state index in [2.05, 4.69) is 10.2 Å². The van der Waals surface area contributed by atoms with Crippen LogP contribution in [0.2, 0.25) is 0 Å². The fourth-order valence-corrected chi connectivity index (χ4v) is 1.29. The Bertz CT molecular complexity index is 477. The lowest BCUT2D eigenvalue weighted by Crippen LogP contribution is -2.04. The van der Waals surface area contributed by atoms with Gasteiger partial charge in [-0.3, -0.25) is 0 Å². The molecule has 0 fully saturated rings. The van der Waals surface area contributed by atoms with Crippen molar-refractivity contribution in [3.05, 3.63) is 41.6 Å². The molecule has 1 unspecified atom stereocenters. The molecule has 5 nitrogen and oxygen atoms in total. The van der Waals surface area contributed by atoms with Crippen LogP contribution in [-0.2, 0) is 6.61 Å². The number of hydrogen-bond donors (Lipinski definition) is 1. The maximum Gasteiger partial charge on any atom is 0.253 e. The smallest absolute Gasteiger partial charge is 0.253 e. The molecule has 2 N–H and O–H groups in total. The van der Waals surface area contributed by atoms with Crippen LogP contribution < -0.4 is 10.5 Å². The fraction of sp³-hybridized carbons (Fsp3) is 0.333. The molecule has 0 aliphatic rings. The molecule has 0 spiro atoms. The second-order valence-corrected chi connectivity index (χ2v) is 3.92. The van der Waals surface area contributed by atoms with Crippen molar-refractivity contribution in [1.82, 2.24) is 10.2 Å². The van der Waals surface area contributed by atoms with Gasteiger partial charge in [0.1, 0.15) is 5.75 Å². The summed E-state index contributed by atoms with van der Waals surface area (Å²) in [5, 5.41) is 7.67. The Morgan fingerprint density at radius 1 is 1.29 bits per heavy atom. The van der Waals surface area contributed by atoms with Gasteiger partial charge in [0.05, 0.1) is 6.04 Å². The van der Waals surface area contributed by atoms with Gasteiger partial charge in [-0.25, -0.2) is 0 Å². The van der Waals surface area contributed by atoms with Gasteiger partial charge in [0, 0.05) is 0 Å². The van der Waals surface area contributed by atoms with Crippen molar-refractivity contribution in [1.29, 1.82) is 0 Å². The first kappa shape index (κ1) is 11.6. The number of benzene rings is 1. The third-order valence-electron chi connectivity index (χ3n) is 2.26. The van der Waals surface area contributed by atoms with Crippen LogP contribution >= 0.6 is 0 Å². The van der Waals surface area contributed by atoms with E-state index < -0.39 is 0 Å². The summed E-state index contributed by atoms with van der Waals surface area (Å²) >= 11 is 0. The van der Waals surface area contributed by atoms with E-state index >= 15 is 0 Å². The summed E-state index contributed by atoms with van der Waals surface area (Å²) in [6.45, 7) is 4.07. The molecule has 2 rings (SSSR count). The quantitative estimate of drug-likeness (QED) is 0.873. The van der Waals surface area contributed by atoms with Gasteiger partial charge in [0.2, 0.25) is 5.89 Å². The minimum absolute atomic E-state index is 0.253. The number of aryl methyl sites for hydroxylation is 1. The Kier molecular flexibility index (Phi) is 3.39. The first-order chi connectivity index (χ1) is 8.15. The molecule has 90 valence electrons. The highest BCUT2D eigenvalue weighted by atomic mass is 16.5. The maximum atomic E-state index is 5.61. The Morgan fingerprint density at radius 2 is 2.00 bits per heavy atom. The SMILES string of the molecule is Cc1ccc(OCc2nnc(C(C)N)o2)cc1. The molecule has 2 aromatic rings. The molecule has 0 aliphatic carbocycles. The number of ether oxygens (including phenoxy) is 1. The van der Waals surface area contributed by atoms with E-state index in [1.54, 1.807) is 6.92 Å². The van der Waals surface area contributed by atoms with Crippen molar-refractivity contribution >= 4 is 0 Å². The molecule has 5 heteroatoms. The van der Waals surface area contributed by atoms with E-state index in [1.807, 2.05) is 31.2 Å². The highest BCUT2D eigenvalue weighted by Gasteiger charge is 2.09. The third kappa shape index (κ3) is 3.04. The Labute approximate surface area is 99.6 Å². The lowest BCUT2D eigenvalue weighted by molar-refractivity contribution is 0.257. The molecule has 17 heavy (non-hydrogen) atoms. The van der Waals surface area contributed by atoms with E-state index in [9.17, 15) is 0 Å². The van der Waals surface area contributed by atoms with E-state index in [4.69, 9.17) is 14.9 Å². The summed E-state index contributed by atoms with van der Waals surface area (Å²) in [7, 11) is 0. The molecule has 0 saturated heterocycles. The van der Waals surface area contributed by atoms with Gasteiger partial charge >= 0.3 is 0 Å². The summed E-state index contributed by atoms with van der Waals surface area (Å²) in [6.07, 6.45) is 0. The molecular weight excluding hydrogens is 218 g/mol. The second kappa shape index (κ2) is 4.97. The van der Waals surface area contributed by atoms with Crippen molar-refractivity contribution in [2.24, 2.45) is 5.73 Å². The number of rotatable bonds is 4. The highest BCUT2D eigenvalue weighted by molar-refractivity contribution is 5.26. The molecule has 0 radical (unpaired) electrons. The summed E-state index contributed by atoms with van der Waals surface area (Å²) in [4.78, 5) is 0. The van der Waals surface area contributed by atoms with Crippen LogP contribution in [0.3, 0.4) is 0 Å². The molecule has 0 bridgehead atoms. The van der Waals surface area contributed by atoms with Crippen LogP contribution in [0.25, 0.3) is 0 Å². The van der Waals surface area contributed by atoms with E-state index in [0.717, 1.165) is 5.75 Å². The molecular formula is C12H15N3O2. The predicted octanol–water partition coefficient (Wildman–Crippen LogP) is 1.98. The zero-order valence-corrected chi connectivity index (χ0v) is 9.88. The molecule has 0 aliphatic heterocycles. The number of nitrogens with zero attached hydrogens (tertiary/aromatic N) is 2. The lowest BCUT2D eigenvalue weighted by atomic mass is 10.2. The molecule has 1 heterocycles. The minimum Gasteiger partial charge on any atom is -0.484 e. The van der Waals surface area contributed by atoms with Gasteiger partial charge in [-0.2, -0.15) is 0 Å². The zero-order valence-electron chi connectivity index (χ0n) is 9.88. The molecule has 1 aromatic heterocycles. The van der Waals surface area contributed by atoms with Gasteiger partial charge < -0.3 is 14.9 Å². The van der Waals surface area contributed by atoms with Crippen LogP contribution in [-0.4, -0.2) is 10.2 Å². The largest absolute Gasteiger partial charge is 0.484 e. The van der Waals surface area contributed by atoms with Gasteiger partial charge in [0.25, 0.3) is 5.89 Å². The monoisotopic (exact) mass is 233 g/mol. The van der Waals surface area contributed by atoms with E-state index in [-0.39, 0.29) is 12.6 Å². The van der Waals surface area contributed by atoms with Crippen LogP contribution in [0.15, 0.2) is 28.7 Å². The Morgan fingerprint density at radius 3 is 2.59 bits per heavy atom. The lowest BCUT2D eigenvalue weighted by Gasteiger charge is -2.03. The summed E-state index contributed by atoms with van der Waals surface area (Å²) < 4.78 is 10.8.